The van der Waals surface area contributed by atoms with Crippen molar-refractivity contribution in [3.05, 3.63) is 30.1 Å². The minimum Gasteiger partial charge on any atom is -0.493 e. The summed E-state index contributed by atoms with van der Waals surface area (Å²) in [4.78, 5) is 0. The lowest BCUT2D eigenvalue weighted by Crippen LogP contribution is -2.20. The third kappa shape index (κ3) is 3.42. The van der Waals surface area contributed by atoms with E-state index >= 15 is 0 Å². The number of nitrogens with two attached hydrogens (primary N) is 1. The fourth-order valence-electron chi connectivity index (χ4n) is 0.899. The zero-order valence-electron chi connectivity index (χ0n) is 7.61. The summed E-state index contributed by atoms with van der Waals surface area (Å²) in [5.41, 5.74) is 5.36. The van der Waals surface area contributed by atoms with Crippen LogP contribution < -0.4 is 10.5 Å². The second kappa shape index (κ2) is 5.20. The zero-order chi connectivity index (χ0) is 10.4. The van der Waals surface area contributed by atoms with E-state index in [-0.39, 0.29) is 5.82 Å². The molecule has 74 valence electrons. The van der Waals surface area contributed by atoms with Crippen molar-refractivity contribution in [3.63, 3.8) is 0 Å². The summed E-state index contributed by atoms with van der Waals surface area (Å²) in [6, 6.07) is 7.10. The minimum atomic E-state index is -0.504. The maximum atomic E-state index is 12.5. The minimum absolute atomic E-state index is 0.300. The monoisotopic (exact) mass is 194 g/mol. The van der Waals surface area contributed by atoms with Crippen LogP contribution in [0.15, 0.2) is 24.3 Å². The van der Waals surface area contributed by atoms with Crippen LogP contribution in [0.4, 0.5) is 4.39 Å². The molecule has 0 fully saturated rings. The first-order valence-electron chi connectivity index (χ1n) is 4.26. The topological polar surface area (TPSA) is 59.0 Å². The van der Waals surface area contributed by atoms with Gasteiger partial charge in [-0.15, -0.1) is 0 Å². The van der Waals surface area contributed by atoms with Gasteiger partial charge in [0.25, 0.3) is 0 Å². The molecule has 1 unspecified atom stereocenters. The van der Waals surface area contributed by atoms with Crippen LogP contribution in [0.1, 0.15) is 6.42 Å². The van der Waals surface area contributed by atoms with E-state index in [1.807, 2.05) is 6.07 Å². The van der Waals surface area contributed by atoms with Crippen molar-refractivity contribution in [2.45, 2.75) is 12.5 Å². The Morgan fingerprint density at radius 2 is 2.07 bits per heavy atom. The molecule has 1 aromatic rings. The zero-order valence-corrected chi connectivity index (χ0v) is 7.61. The van der Waals surface area contributed by atoms with E-state index in [0.717, 1.165) is 0 Å². The molecular formula is C10H11FN2O. The van der Waals surface area contributed by atoms with Crippen LogP contribution in [0.25, 0.3) is 0 Å². The van der Waals surface area contributed by atoms with E-state index in [2.05, 4.69) is 0 Å². The number of halogens is 1. The van der Waals surface area contributed by atoms with Gasteiger partial charge in [-0.2, -0.15) is 5.26 Å². The second-order valence-electron chi connectivity index (χ2n) is 2.83. The molecule has 0 saturated heterocycles. The highest BCUT2D eigenvalue weighted by atomic mass is 19.1. The van der Waals surface area contributed by atoms with Crippen LogP contribution in [-0.4, -0.2) is 12.6 Å². The van der Waals surface area contributed by atoms with Crippen LogP contribution >= 0.6 is 0 Å². The number of benzene rings is 1. The number of nitrogens with zero attached hydrogens (tertiary/aromatic N) is 1. The molecule has 4 heteroatoms. The number of hydrogen-bond acceptors (Lipinski definition) is 3. The molecule has 3 nitrogen and oxygen atoms in total. The van der Waals surface area contributed by atoms with Gasteiger partial charge in [-0.05, 0) is 24.3 Å². The van der Waals surface area contributed by atoms with E-state index in [9.17, 15) is 4.39 Å². The molecule has 1 rings (SSSR count). The largest absolute Gasteiger partial charge is 0.493 e. The summed E-state index contributed by atoms with van der Waals surface area (Å²) >= 11 is 0. The fourth-order valence-corrected chi connectivity index (χ4v) is 0.899. The standard InChI is InChI=1S/C10H11FN2O/c11-8-1-3-10(4-2-8)14-6-5-9(13)7-12/h1-4,9H,5-6,13H2. The van der Waals surface area contributed by atoms with Gasteiger partial charge >= 0.3 is 0 Å². The molecule has 0 amide bonds. The summed E-state index contributed by atoms with van der Waals surface area (Å²) in [6.07, 6.45) is 0.466. The molecule has 0 aliphatic rings. The van der Waals surface area contributed by atoms with E-state index in [0.29, 0.717) is 18.8 Å². The van der Waals surface area contributed by atoms with Gasteiger partial charge in [0.1, 0.15) is 11.6 Å². The van der Waals surface area contributed by atoms with Crippen LogP contribution in [-0.2, 0) is 0 Å². The average Bonchev–Trinajstić information content (AvgIpc) is 2.21. The Morgan fingerprint density at radius 3 is 2.64 bits per heavy atom. The summed E-state index contributed by atoms with van der Waals surface area (Å²) in [5.74, 6) is 0.280. The van der Waals surface area contributed by atoms with Crippen molar-refractivity contribution >= 4 is 0 Å². The summed E-state index contributed by atoms with van der Waals surface area (Å²) in [5, 5.41) is 8.39. The van der Waals surface area contributed by atoms with E-state index in [1.165, 1.54) is 24.3 Å². The molecule has 1 atom stereocenters. The van der Waals surface area contributed by atoms with Gasteiger partial charge in [0.2, 0.25) is 0 Å². The Kier molecular flexibility index (Phi) is 3.89. The van der Waals surface area contributed by atoms with E-state index in [4.69, 9.17) is 15.7 Å². The molecule has 0 radical (unpaired) electrons. The molecule has 0 heterocycles. The lowest BCUT2D eigenvalue weighted by molar-refractivity contribution is 0.305. The Bertz CT molecular complexity index is 318. The number of hydrogen-bond donors (Lipinski definition) is 1. The highest BCUT2D eigenvalue weighted by molar-refractivity contribution is 5.21. The third-order valence-corrected chi connectivity index (χ3v) is 1.68. The van der Waals surface area contributed by atoms with Crippen molar-refractivity contribution < 1.29 is 9.13 Å². The highest BCUT2D eigenvalue weighted by Crippen LogP contribution is 2.11. The molecule has 0 aliphatic carbocycles. The number of rotatable bonds is 4. The quantitative estimate of drug-likeness (QED) is 0.789. The van der Waals surface area contributed by atoms with Gasteiger partial charge < -0.3 is 10.5 Å². The first-order valence-corrected chi connectivity index (χ1v) is 4.26. The SMILES string of the molecule is N#CC(N)CCOc1ccc(F)cc1. The first kappa shape index (κ1) is 10.5. The predicted molar refractivity (Wildman–Crippen MR) is 50.1 cm³/mol. The van der Waals surface area contributed by atoms with Crippen molar-refractivity contribution in [1.29, 1.82) is 5.26 Å². The van der Waals surface area contributed by atoms with Crippen LogP contribution in [0.3, 0.4) is 0 Å². The lowest BCUT2D eigenvalue weighted by atomic mass is 10.2. The molecule has 0 saturated carbocycles. The maximum Gasteiger partial charge on any atom is 0.123 e. The Hall–Kier alpha value is -1.60. The second-order valence-corrected chi connectivity index (χ2v) is 2.83. The normalized spacial score (nSPS) is 11.8. The van der Waals surface area contributed by atoms with Crippen LogP contribution in [0.2, 0.25) is 0 Å². The average molecular weight is 194 g/mol. The van der Waals surface area contributed by atoms with Crippen LogP contribution in [0.5, 0.6) is 5.75 Å². The molecule has 1 aromatic carbocycles. The highest BCUT2D eigenvalue weighted by Gasteiger charge is 2.00. The molecule has 0 aromatic heterocycles. The number of ether oxygens (including phenoxy) is 1. The van der Waals surface area contributed by atoms with Gasteiger partial charge in [0.05, 0.1) is 18.7 Å². The van der Waals surface area contributed by atoms with Crippen molar-refractivity contribution in [2.75, 3.05) is 6.61 Å². The molecular weight excluding hydrogens is 183 g/mol. The van der Waals surface area contributed by atoms with E-state index in [1.54, 1.807) is 0 Å². The lowest BCUT2D eigenvalue weighted by Gasteiger charge is -2.06. The Labute approximate surface area is 81.9 Å². The van der Waals surface area contributed by atoms with Gasteiger partial charge in [0, 0.05) is 6.42 Å². The van der Waals surface area contributed by atoms with Crippen LogP contribution in [0, 0.1) is 17.1 Å². The summed E-state index contributed by atoms with van der Waals surface area (Å²) in [7, 11) is 0. The van der Waals surface area contributed by atoms with Crippen molar-refractivity contribution in [3.8, 4) is 11.8 Å². The molecule has 0 spiro atoms. The Balaban J connectivity index is 2.32. The predicted octanol–water partition coefficient (Wildman–Crippen LogP) is 1.45. The van der Waals surface area contributed by atoms with Gasteiger partial charge in [0.15, 0.2) is 0 Å². The summed E-state index contributed by atoms with van der Waals surface area (Å²) in [6.45, 7) is 0.361. The molecule has 0 aliphatic heterocycles. The third-order valence-electron chi connectivity index (χ3n) is 1.68. The van der Waals surface area contributed by atoms with Gasteiger partial charge in [-0.1, -0.05) is 0 Å². The fraction of sp³-hybridized carbons (Fsp3) is 0.300. The smallest absolute Gasteiger partial charge is 0.123 e. The van der Waals surface area contributed by atoms with Crippen molar-refractivity contribution in [1.82, 2.24) is 0 Å². The molecule has 2 N–H and O–H groups in total. The van der Waals surface area contributed by atoms with Gasteiger partial charge in [-0.3, -0.25) is 0 Å². The van der Waals surface area contributed by atoms with Crippen molar-refractivity contribution in [2.24, 2.45) is 5.73 Å². The van der Waals surface area contributed by atoms with E-state index < -0.39 is 6.04 Å². The first-order chi connectivity index (χ1) is 6.72. The molecule has 0 bridgehead atoms. The number of nitriles is 1. The maximum absolute atomic E-state index is 12.5. The Morgan fingerprint density at radius 1 is 1.43 bits per heavy atom. The van der Waals surface area contributed by atoms with Gasteiger partial charge in [-0.25, -0.2) is 4.39 Å². The summed E-state index contributed by atoms with van der Waals surface area (Å²) < 4.78 is 17.7. The molecule has 14 heavy (non-hydrogen) atoms.